The van der Waals surface area contributed by atoms with E-state index in [9.17, 15) is 9.59 Å². The highest BCUT2D eigenvalue weighted by molar-refractivity contribution is 8.13. The monoisotopic (exact) mass is 375 g/mol. The van der Waals surface area contributed by atoms with Crippen LogP contribution in [0.1, 0.15) is 17.5 Å². The second-order valence-electron chi connectivity index (χ2n) is 7.05. The molecule has 1 aromatic carbocycles. The van der Waals surface area contributed by atoms with Crippen LogP contribution in [0.2, 0.25) is 0 Å². The number of carbonyl (C=O) groups is 2. The first kappa shape index (κ1) is 17.7. The Bertz CT molecular complexity index is 689. The van der Waals surface area contributed by atoms with Crippen LogP contribution in [0.15, 0.2) is 18.2 Å². The molecule has 0 bridgehead atoms. The van der Waals surface area contributed by atoms with Gasteiger partial charge in [0.2, 0.25) is 5.91 Å². The molecule has 0 unspecified atom stereocenters. The van der Waals surface area contributed by atoms with Gasteiger partial charge in [0.05, 0.1) is 6.61 Å². The minimum absolute atomic E-state index is 0.113. The van der Waals surface area contributed by atoms with Crippen molar-refractivity contribution in [2.75, 3.05) is 51.6 Å². The molecular weight excluding hydrogens is 350 g/mol. The maximum Gasteiger partial charge on any atom is 0.281 e. The van der Waals surface area contributed by atoms with Crippen LogP contribution in [0.3, 0.4) is 0 Å². The minimum Gasteiger partial charge on any atom is -0.493 e. The summed E-state index contributed by atoms with van der Waals surface area (Å²) in [6, 6.07) is 6.48. The number of piperazine rings is 1. The lowest BCUT2D eigenvalue weighted by atomic mass is 10.1. The third kappa shape index (κ3) is 3.99. The predicted molar refractivity (Wildman–Crippen MR) is 102 cm³/mol. The number of thioether (sulfide) groups is 1. The predicted octanol–water partition coefficient (Wildman–Crippen LogP) is 1.82. The first-order valence-corrected chi connectivity index (χ1v) is 10.3. The Morgan fingerprint density at radius 1 is 1.15 bits per heavy atom. The number of hydrogen-bond acceptors (Lipinski definition) is 5. The van der Waals surface area contributed by atoms with Gasteiger partial charge in [-0.05, 0) is 17.2 Å². The van der Waals surface area contributed by atoms with Crippen molar-refractivity contribution in [3.05, 3.63) is 29.3 Å². The van der Waals surface area contributed by atoms with Crippen molar-refractivity contribution < 1.29 is 14.3 Å². The first-order valence-electron chi connectivity index (χ1n) is 9.35. The molecule has 6 nitrogen and oxygen atoms in total. The van der Waals surface area contributed by atoms with Crippen molar-refractivity contribution in [3.63, 3.8) is 0 Å². The van der Waals surface area contributed by atoms with E-state index in [1.54, 1.807) is 4.90 Å². The molecule has 2 amide bonds. The van der Waals surface area contributed by atoms with Gasteiger partial charge < -0.3 is 14.5 Å². The third-order valence-electron chi connectivity index (χ3n) is 5.33. The molecule has 0 atom stereocenters. The smallest absolute Gasteiger partial charge is 0.281 e. The van der Waals surface area contributed by atoms with Crippen LogP contribution in [0.4, 0.5) is 4.79 Å². The zero-order chi connectivity index (χ0) is 17.9. The molecule has 26 heavy (non-hydrogen) atoms. The fourth-order valence-electron chi connectivity index (χ4n) is 3.77. The molecule has 3 heterocycles. The lowest BCUT2D eigenvalue weighted by molar-refractivity contribution is -0.133. The summed E-state index contributed by atoms with van der Waals surface area (Å²) in [6.45, 7) is 6.40. The minimum atomic E-state index is 0.113. The van der Waals surface area contributed by atoms with Crippen LogP contribution in [0.25, 0.3) is 0 Å². The Morgan fingerprint density at radius 3 is 2.77 bits per heavy atom. The molecule has 0 saturated carbocycles. The first-order chi connectivity index (χ1) is 12.7. The van der Waals surface area contributed by atoms with E-state index in [-0.39, 0.29) is 11.1 Å². The molecule has 0 spiro atoms. The summed E-state index contributed by atoms with van der Waals surface area (Å²) in [5, 5.41) is 0.113. The molecule has 3 aliphatic rings. The number of carbonyl (C=O) groups excluding carboxylic acids is 2. The fraction of sp³-hybridized carbons (Fsp3) is 0.579. The Hall–Kier alpha value is -1.73. The van der Waals surface area contributed by atoms with E-state index >= 15 is 0 Å². The van der Waals surface area contributed by atoms with E-state index in [1.165, 1.54) is 22.9 Å². The Labute approximate surface area is 158 Å². The van der Waals surface area contributed by atoms with Gasteiger partial charge in [-0.25, -0.2) is 0 Å². The number of fused-ring (bicyclic) bond motifs is 1. The van der Waals surface area contributed by atoms with Crippen molar-refractivity contribution in [2.45, 2.75) is 19.4 Å². The van der Waals surface area contributed by atoms with Crippen LogP contribution in [-0.4, -0.2) is 77.5 Å². The van der Waals surface area contributed by atoms with Crippen molar-refractivity contribution in [1.82, 2.24) is 14.7 Å². The number of hydrogen-bond donors (Lipinski definition) is 0. The van der Waals surface area contributed by atoms with E-state index in [1.807, 2.05) is 4.90 Å². The van der Waals surface area contributed by atoms with Gasteiger partial charge in [-0.1, -0.05) is 23.9 Å². The molecule has 1 aromatic rings. The van der Waals surface area contributed by atoms with Crippen molar-refractivity contribution in [3.8, 4) is 5.75 Å². The average Bonchev–Trinajstić information content (AvgIpc) is 3.28. The SMILES string of the molecule is O=C(CCN1CCSC1=O)N1CCN(Cc2ccc3c(c2)CCO3)CC1. The molecule has 2 saturated heterocycles. The van der Waals surface area contributed by atoms with E-state index in [0.717, 1.165) is 63.8 Å². The van der Waals surface area contributed by atoms with Gasteiger partial charge in [-0.15, -0.1) is 0 Å². The van der Waals surface area contributed by atoms with Gasteiger partial charge in [0.25, 0.3) is 5.24 Å². The lowest BCUT2D eigenvalue weighted by Gasteiger charge is -2.35. The van der Waals surface area contributed by atoms with Crippen LogP contribution in [0, 0.1) is 0 Å². The van der Waals surface area contributed by atoms with Crippen molar-refractivity contribution in [2.24, 2.45) is 0 Å². The van der Waals surface area contributed by atoms with E-state index in [2.05, 4.69) is 23.1 Å². The summed E-state index contributed by atoms with van der Waals surface area (Å²) in [6.07, 6.45) is 1.45. The van der Waals surface area contributed by atoms with Gasteiger partial charge in [0, 0.05) is 64.4 Å². The van der Waals surface area contributed by atoms with Crippen LogP contribution >= 0.6 is 11.8 Å². The van der Waals surface area contributed by atoms with E-state index in [4.69, 9.17) is 4.74 Å². The standard InChI is InChI=1S/C19H25N3O3S/c23-18(3-5-22-10-12-26-19(22)24)21-8-6-20(7-9-21)14-15-1-2-17-16(13-15)4-11-25-17/h1-2,13H,3-12,14H2. The van der Waals surface area contributed by atoms with Crippen molar-refractivity contribution >= 4 is 22.9 Å². The summed E-state index contributed by atoms with van der Waals surface area (Å²) in [7, 11) is 0. The fourth-order valence-corrected chi connectivity index (χ4v) is 4.62. The molecule has 0 radical (unpaired) electrons. The third-order valence-corrected chi connectivity index (χ3v) is 6.22. The maximum absolute atomic E-state index is 12.4. The number of nitrogens with zero attached hydrogens (tertiary/aromatic N) is 3. The zero-order valence-corrected chi connectivity index (χ0v) is 15.8. The molecule has 140 valence electrons. The highest BCUT2D eigenvalue weighted by Crippen LogP contribution is 2.26. The molecule has 0 aliphatic carbocycles. The highest BCUT2D eigenvalue weighted by Gasteiger charge is 2.25. The lowest BCUT2D eigenvalue weighted by Crippen LogP contribution is -2.48. The average molecular weight is 375 g/mol. The summed E-state index contributed by atoms with van der Waals surface area (Å²) < 4.78 is 5.57. The normalized spacial score (nSPS) is 20.4. The molecule has 3 aliphatic heterocycles. The van der Waals surface area contributed by atoms with Gasteiger partial charge in [-0.3, -0.25) is 14.5 Å². The molecule has 0 aromatic heterocycles. The molecule has 0 N–H and O–H groups in total. The Balaban J connectivity index is 1.22. The Morgan fingerprint density at radius 2 is 2.00 bits per heavy atom. The number of benzene rings is 1. The summed E-state index contributed by atoms with van der Waals surface area (Å²) >= 11 is 1.35. The van der Waals surface area contributed by atoms with Gasteiger partial charge in [0.15, 0.2) is 0 Å². The second kappa shape index (κ2) is 7.88. The highest BCUT2D eigenvalue weighted by atomic mass is 32.2. The van der Waals surface area contributed by atoms with Gasteiger partial charge in [-0.2, -0.15) is 0 Å². The maximum atomic E-state index is 12.4. The molecular formula is C19H25N3O3S. The number of rotatable bonds is 5. The quantitative estimate of drug-likeness (QED) is 0.786. The molecule has 4 rings (SSSR count). The molecule has 2 fully saturated rings. The van der Waals surface area contributed by atoms with E-state index in [0.29, 0.717) is 13.0 Å². The second-order valence-corrected chi connectivity index (χ2v) is 8.10. The van der Waals surface area contributed by atoms with E-state index < -0.39 is 0 Å². The van der Waals surface area contributed by atoms with Crippen LogP contribution in [0.5, 0.6) is 5.75 Å². The number of amides is 2. The summed E-state index contributed by atoms with van der Waals surface area (Å²) in [5.74, 6) is 2.05. The topological polar surface area (TPSA) is 53.1 Å². The summed E-state index contributed by atoms with van der Waals surface area (Å²) in [5.41, 5.74) is 2.63. The van der Waals surface area contributed by atoms with Crippen LogP contribution in [-0.2, 0) is 17.8 Å². The Kier molecular flexibility index (Phi) is 5.36. The zero-order valence-electron chi connectivity index (χ0n) is 15.0. The summed E-state index contributed by atoms with van der Waals surface area (Å²) in [4.78, 5) is 30.1. The van der Waals surface area contributed by atoms with Gasteiger partial charge >= 0.3 is 0 Å². The van der Waals surface area contributed by atoms with Crippen LogP contribution < -0.4 is 4.74 Å². The number of ether oxygens (including phenoxy) is 1. The van der Waals surface area contributed by atoms with Gasteiger partial charge in [0.1, 0.15) is 5.75 Å². The molecule has 7 heteroatoms. The van der Waals surface area contributed by atoms with Crippen molar-refractivity contribution in [1.29, 1.82) is 0 Å². The largest absolute Gasteiger partial charge is 0.493 e.